The van der Waals surface area contributed by atoms with Gasteiger partial charge in [-0.1, -0.05) is 30.3 Å². The lowest BCUT2D eigenvalue weighted by Crippen LogP contribution is -2.11. The zero-order valence-corrected chi connectivity index (χ0v) is 9.77. The summed E-state index contributed by atoms with van der Waals surface area (Å²) in [5, 5.41) is 14.5. The van der Waals surface area contributed by atoms with Gasteiger partial charge in [0, 0.05) is 22.5 Å². The van der Waals surface area contributed by atoms with E-state index in [2.05, 4.69) is 18.0 Å². The monoisotopic (exact) mass is 222 g/mol. The normalized spacial score (nSPS) is 11.8. The fourth-order valence-corrected chi connectivity index (χ4v) is 1.83. The molecule has 0 saturated carbocycles. The molecule has 84 valence electrons. The standard InChI is InChI=1S/C15H14N2/c1-3-11(2)17-15-9-8-12(10-16)13-6-4-5-7-14(13)15/h3-9,11,17H,1H2,2H3. The highest BCUT2D eigenvalue weighted by Gasteiger charge is 2.06. The highest BCUT2D eigenvalue weighted by Crippen LogP contribution is 2.26. The Kier molecular flexibility index (Phi) is 3.11. The van der Waals surface area contributed by atoms with Crippen molar-refractivity contribution in [2.75, 3.05) is 5.32 Å². The van der Waals surface area contributed by atoms with Crippen LogP contribution in [0.5, 0.6) is 0 Å². The van der Waals surface area contributed by atoms with Gasteiger partial charge in [-0.15, -0.1) is 6.58 Å². The molecule has 2 rings (SSSR count). The number of hydrogen-bond donors (Lipinski definition) is 1. The maximum Gasteiger partial charge on any atom is 0.0998 e. The van der Waals surface area contributed by atoms with E-state index in [0.717, 1.165) is 16.5 Å². The number of rotatable bonds is 3. The van der Waals surface area contributed by atoms with Crippen molar-refractivity contribution in [2.45, 2.75) is 13.0 Å². The van der Waals surface area contributed by atoms with Crippen LogP contribution in [0.25, 0.3) is 10.8 Å². The minimum atomic E-state index is 0.200. The van der Waals surface area contributed by atoms with Gasteiger partial charge in [-0.05, 0) is 19.1 Å². The van der Waals surface area contributed by atoms with Crippen molar-refractivity contribution in [3.05, 3.63) is 54.6 Å². The van der Waals surface area contributed by atoms with Gasteiger partial charge >= 0.3 is 0 Å². The molecule has 0 aliphatic heterocycles. The van der Waals surface area contributed by atoms with Crippen molar-refractivity contribution in [3.63, 3.8) is 0 Å². The Labute approximate surface area is 101 Å². The van der Waals surface area contributed by atoms with Crippen LogP contribution < -0.4 is 5.32 Å². The number of hydrogen-bond acceptors (Lipinski definition) is 2. The highest BCUT2D eigenvalue weighted by molar-refractivity contribution is 5.97. The third-order valence-corrected chi connectivity index (χ3v) is 2.78. The lowest BCUT2D eigenvalue weighted by Gasteiger charge is -2.14. The molecule has 2 aromatic rings. The van der Waals surface area contributed by atoms with Crippen LogP contribution in [0.1, 0.15) is 12.5 Å². The Morgan fingerprint density at radius 3 is 2.59 bits per heavy atom. The first kappa shape index (κ1) is 11.2. The molecule has 0 aliphatic carbocycles. The Balaban J connectivity index is 2.59. The second-order valence-electron chi connectivity index (χ2n) is 3.99. The van der Waals surface area contributed by atoms with E-state index in [1.165, 1.54) is 0 Å². The van der Waals surface area contributed by atoms with Crippen molar-refractivity contribution < 1.29 is 0 Å². The second kappa shape index (κ2) is 4.71. The summed E-state index contributed by atoms with van der Waals surface area (Å²) in [5.74, 6) is 0. The summed E-state index contributed by atoms with van der Waals surface area (Å²) in [7, 11) is 0. The summed E-state index contributed by atoms with van der Waals surface area (Å²) < 4.78 is 0. The maximum absolute atomic E-state index is 9.07. The SMILES string of the molecule is C=CC(C)Nc1ccc(C#N)c2ccccc12. The van der Waals surface area contributed by atoms with Gasteiger partial charge in [0.1, 0.15) is 0 Å². The summed E-state index contributed by atoms with van der Waals surface area (Å²) in [5.41, 5.74) is 1.74. The van der Waals surface area contributed by atoms with E-state index in [0.29, 0.717) is 5.56 Å². The molecule has 0 amide bonds. The van der Waals surface area contributed by atoms with E-state index in [9.17, 15) is 0 Å². The molecule has 1 N–H and O–H groups in total. The minimum absolute atomic E-state index is 0.200. The summed E-state index contributed by atoms with van der Waals surface area (Å²) in [4.78, 5) is 0. The fraction of sp³-hybridized carbons (Fsp3) is 0.133. The lowest BCUT2D eigenvalue weighted by atomic mass is 10.0. The molecule has 0 saturated heterocycles. The molecule has 0 bridgehead atoms. The van der Waals surface area contributed by atoms with Crippen LogP contribution in [0.4, 0.5) is 5.69 Å². The number of benzene rings is 2. The molecule has 0 radical (unpaired) electrons. The highest BCUT2D eigenvalue weighted by atomic mass is 14.9. The average molecular weight is 222 g/mol. The van der Waals surface area contributed by atoms with Crippen molar-refractivity contribution in [1.29, 1.82) is 5.26 Å². The van der Waals surface area contributed by atoms with Crippen molar-refractivity contribution >= 4 is 16.5 Å². The van der Waals surface area contributed by atoms with E-state index < -0.39 is 0 Å². The molecule has 2 nitrogen and oxygen atoms in total. The Hall–Kier alpha value is -2.27. The van der Waals surface area contributed by atoms with Gasteiger partial charge in [-0.3, -0.25) is 0 Å². The van der Waals surface area contributed by atoms with Crippen LogP contribution in [-0.4, -0.2) is 6.04 Å². The van der Waals surface area contributed by atoms with Crippen LogP contribution in [0.15, 0.2) is 49.1 Å². The molecule has 0 fully saturated rings. The summed E-state index contributed by atoms with van der Waals surface area (Å²) >= 11 is 0. The zero-order chi connectivity index (χ0) is 12.3. The third-order valence-electron chi connectivity index (χ3n) is 2.78. The van der Waals surface area contributed by atoms with Gasteiger partial charge in [0.05, 0.1) is 11.6 Å². The maximum atomic E-state index is 9.07. The van der Waals surface area contributed by atoms with E-state index in [4.69, 9.17) is 5.26 Å². The fourth-order valence-electron chi connectivity index (χ4n) is 1.83. The first-order valence-electron chi connectivity index (χ1n) is 5.57. The average Bonchev–Trinajstić information content (AvgIpc) is 2.39. The van der Waals surface area contributed by atoms with E-state index in [1.54, 1.807) is 0 Å². The molecule has 0 spiro atoms. The summed E-state index contributed by atoms with van der Waals surface area (Å²) in [6.07, 6.45) is 1.85. The van der Waals surface area contributed by atoms with Gasteiger partial charge in [0.15, 0.2) is 0 Å². The van der Waals surface area contributed by atoms with Crippen molar-refractivity contribution in [3.8, 4) is 6.07 Å². The smallest absolute Gasteiger partial charge is 0.0998 e. The van der Waals surface area contributed by atoms with Gasteiger partial charge in [0.25, 0.3) is 0 Å². The quantitative estimate of drug-likeness (QED) is 0.804. The van der Waals surface area contributed by atoms with Crippen LogP contribution in [0.2, 0.25) is 0 Å². The largest absolute Gasteiger partial charge is 0.379 e. The van der Waals surface area contributed by atoms with Crippen molar-refractivity contribution in [1.82, 2.24) is 0 Å². The van der Waals surface area contributed by atoms with Gasteiger partial charge in [-0.2, -0.15) is 5.26 Å². The lowest BCUT2D eigenvalue weighted by molar-refractivity contribution is 1.00. The number of anilines is 1. The summed E-state index contributed by atoms with van der Waals surface area (Å²) in [6.45, 7) is 5.80. The predicted octanol–water partition coefficient (Wildman–Crippen LogP) is 3.70. The number of fused-ring (bicyclic) bond motifs is 1. The van der Waals surface area contributed by atoms with E-state index >= 15 is 0 Å². The molecule has 0 heterocycles. The number of nitriles is 1. The van der Waals surface area contributed by atoms with Crippen LogP contribution >= 0.6 is 0 Å². The van der Waals surface area contributed by atoms with Crippen molar-refractivity contribution in [2.24, 2.45) is 0 Å². The van der Waals surface area contributed by atoms with E-state index in [1.807, 2.05) is 49.4 Å². The third kappa shape index (κ3) is 2.14. The van der Waals surface area contributed by atoms with Crippen LogP contribution in [0, 0.1) is 11.3 Å². The van der Waals surface area contributed by atoms with Crippen LogP contribution in [-0.2, 0) is 0 Å². The first-order valence-corrected chi connectivity index (χ1v) is 5.57. The molecule has 0 aromatic heterocycles. The van der Waals surface area contributed by atoms with E-state index in [-0.39, 0.29) is 6.04 Å². The molecule has 17 heavy (non-hydrogen) atoms. The number of nitrogens with one attached hydrogen (secondary N) is 1. The molecule has 1 unspecified atom stereocenters. The minimum Gasteiger partial charge on any atom is -0.379 e. The first-order chi connectivity index (χ1) is 8.26. The van der Waals surface area contributed by atoms with Gasteiger partial charge in [-0.25, -0.2) is 0 Å². The van der Waals surface area contributed by atoms with Gasteiger partial charge < -0.3 is 5.32 Å². The molecular weight excluding hydrogens is 208 g/mol. The molecular formula is C15H14N2. The number of nitrogens with zero attached hydrogens (tertiary/aromatic N) is 1. The Morgan fingerprint density at radius 1 is 1.24 bits per heavy atom. The van der Waals surface area contributed by atoms with Gasteiger partial charge in [0.2, 0.25) is 0 Å². The topological polar surface area (TPSA) is 35.8 Å². The molecule has 2 heteroatoms. The zero-order valence-electron chi connectivity index (χ0n) is 9.77. The van der Waals surface area contributed by atoms with Crippen LogP contribution in [0.3, 0.4) is 0 Å². The Bertz CT molecular complexity index is 593. The summed E-state index contributed by atoms with van der Waals surface area (Å²) in [6, 6.07) is 14.1. The molecule has 0 aliphatic rings. The molecule has 2 aromatic carbocycles. The second-order valence-corrected chi connectivity index (χ2v) is 3.99. The Morgan fingerprint density at radius 2 is 1.94 bits per heavy atom. The molecule has 1 atom stereocenters. The predicted molar refractivity (Wildman–Crippen MR) is 71.9 cm³/mol.